The lowest BCUT2D eigenvalue weighted by Gasteiger charge is -2.18. The van der Waals surface area contributed by atoms with E-state index in [1.54, 1.807) is 0 Å². The Morgan fingerprint density at radius 2 is 1.73 bits per heavy atom. The highest BCUT2D eigenvalue weighted by Gasteiger charge is 2.34. The van der Waals surface area contributed by atoms with Gasteiger partial charge in [0.25, 0.3) is 11.6 Å². The van der Waals surface area contributed by atoms with Crippen LogP contribution in [-0.4, -0.2) is 23.3 Å². The second kappa shape index (κ2) is 7.72. The van der Waals surface area contributed by atoms with Crippen molar-refractivity contribution in [1.82, 2.24) is 21.7 Å². The van der Waals surface area contributed by atoms with Crippen molar-refractivity contribution in [2.75, 3.05) is 6.54 Å². The number of carbonyl (C=O) groups excluding carboxylic acids is 2. The van der Waals surface area contributed by atoms with Crippen LogP contribution in [0.3, 0.4) is 0 Å². The summed E-state index contributed by atoms with van der Waals surface area (Å²) in [6.07, 6.45) is 0. The zero-order chi connectivity index (χ0) is 18.5. The molecular formula is C17H17N5O4. The number of hydrazine groups is 2. The summed E-state index contributed by atoms with van der Waals surface area (Å²) in [4.78, 5) is 34.6. The first-order valence-corrected chi connectivity index (χ1v) is 7.94. The van der Waals surface area contributed by atoms with Gasteiger partial charge in [-0.25, -0.2) is 5.43 Å². The molecule has 2 unspecified atom stereocenters. The van der Waals surface area contributed by atoms with Crippen LogP contribution in [0.4, 0.5) is 5.69 Å². The van der Waals surface area contributed by atoms with Crippen LogP contribution in [0.5, 0.6) is 0 Å². The summed E-state index contributed by atoms with van der Waals surface area (Å²) in [5.41, 5.74) is 11.8. The van der Waals surface area contributed by atoms with Crippen LogP contribution in [0, 0.1) is 16.0 Å². The summed E-state index contributed by atoms with van der Waals surface area (Å²) >= 11 is 0. The van der Waals surface area contributed by atoms with Crippen LogP contribution in [0.15, 0.2) is 54.6 Å². The van der Waals surface area contributed by atoms with Crippen molar-refractivity contribution >= 4 is 17.5 Å². The van der Waals surface area contributed by atoms with Crippen molar-refractivity contribution in [2.45, 2.75) is 6.04 Å². The SMILES string of the molecule is O=C(NNC(=O)C1CNNC1c1ccccc1)c1ccc([N+](=O)[O-])cc1. The lowest BCUT2D eigenvalue weighted by atomic mass is 9.94. The summed E-state index contributed by atoms with van der Waals surface area (Å²) in [7, 11) is 0. The fourth-order valence-electron chi connectivity index (χ4n) is 2.74. The second-order valence-corrected chi connectivity index (χ2v) is 5.77. The van der Waals surface area contributed by atoms with Gasteiger partial charge in [0.15, 0.2) is 0 Å². The molecular weight excluding hydrogens is 338 g/mol. The maximum absolute atomic E-state index is 12.4. The number of nitrogens with zero attached hydrogens (tertiary/aromatic N) is 1. The number of benzene rings is 2. The van der Waals surface area contributed by atoms with E-state index in [9.17, 15) is 19.7 Å². The lowest BCUT2D eigenvalue weighted by molar-refractivity contribution is -0.384. The van der Waals surface area contributed by atoms with E-state index < -0.39 is 16.7 Å². The van der Waals surface area contributed by atoms with Crippen LogP contribution < -0.4 is 21.7 Å². The summed E-state index contributed by atoms with van der Waals surface area (Å²) in [5, 5.41) is 10.6. The number of nitro groups is 1. The molecule has 1 saturated heterocycles. The number of amides is 2. The number of hydrogen-bond donors (Lipinski definition) is 4. The molecule has 2 aromatic carbocycles. The molecule has 9 heteroatoms. The minimum atomic E-state index is -0.552. The summed E-state index contributed by atoms with van der Waals surface area (Å²) in [5.74, 6) is -1.30. The molecule has 4 N–H and O–H groups in total. The molecule has 1 aliphatic heterocycles. The van der Waals surface area contributed by atoms with Crippen molar-refractivity contribution < 1.29 is 14.5 Å². The topological polar surface area (TPSA) is 125 Å². The van der Waals surface area contributed by atoms with Gasteiger partial charge < -0.3 is 0 Å². The number of non-ortho nitro benzene ring substituents is 1. The van der Waals surface area contributed by atoms with Crippen molar-refractivity contribution in [3.63, 3.8) is 0 Å². The molecule has 0 saturated carbocycles. The first kappa shape index (κ1) is 17.5. The highest BCUT2D eigenvalue weighted by molar-refractivity contribution is 5.95. The fourth-order valence-corrected chi connectivity index (χ4v) is 2.74. The quantitative estimate of drug-likeness (QED) is 0.475. The third-order valence-electron chi connectivity index (χ3n) is 4.12. The number of hydrogen-bond acceptors (Lipinski definition) is 6. The van der Waals surface area contributed by atoms with Gasteiger partial charge in [0, 0.05) is 24.2 Å². The van der Waals surface area contributed by atoms with E-state index >= 15 is 0 Å². The van der Waals surface area contributed by atoms with Gasteiger partial charge in [0.05, 0.1) is 16.9 Å². The molecule has 2 amide bonds. The number of carbonyl (C=O) groups is 2. The van der Waals surface area contributed by atoms with E-state index in [4.69, 9.17) is 0 Å². The first-order chi connectivity index (χ1) is 12.6. The van der Waals surface area contributed by atoms with E-state index in [0.29, 0.717) is 6.54 Å². The predicted molar refractivity (Wildman–Crippen MR) is 92.5 cm³/mol. The van der Waals surface area contributed by atoms with Crippen molar-refractivity contribution in [1.29, 1.82) is 0 Å². The average molecular weight is 355 g/mol. The van der Waals surface area contributed by atoms with Gasteiger partial charge in [0.2, 0.25) is 5.91 Å². The van der Waals surface area contributed by atoms with Crippen LogP contribution in [0.25, 0.3) is 0 Å². The molecule has 1 heterocycles. The highest BCUT2D eigenvalue weighted by Crippen LogP contribution is 2.24. The Kier molecular flexibility index (Phi) is 5.20. The Labute approximate surface area is 148 Å². The van der Waals surface area contributed by atoms with Gasteiger partial charge in [-0.15, -0.1) is 0 Å². The highest BCUT2D eigenvalue weighted by atomic mass is 16.6. The van der Waals surface area contributed by atoms with Crippen LogP contribution in [-0.2, 0) is 4.79 Å². The molecule has 2 aromatic rings. The largest absolute Gasteiger partial charge is 0.273 e. The first-order valence-electron chi connectivity index (χ1n) is 7.94. The van der Waals surface area contributed by atoms with Crippen LogP contribution >= 0.6 is 0 Å². The Hall–Kier alpha value is -3.30. The number of rotatable bonds is 4. The van der Waals surface area contributed by atoms with Crippen LogP contribution in [0.2, 0.25) is 0 Å². The number of nitrogens with one attached hydrogen (secondary N) is 4. The lowest BCUT2D eigenvalue weighted by Crippen LogP contribution is -2.46. The third kappa shape index (κ3) is 3.85. The van der Waals surface area contributed by atoms with Gasteiger partial charge in [-0.1, -0.05) is 30.3 Å². The van der Waals surface area contributed by atoms with E-state index in [2.05, 4.69) is 21.7 Å². The summed E-state index contributed by atoms with van der Waals surface area (Å²) < 4.78 is 0. The summed E-state index contributed by atoms with van der Waals surface area (Å²) in [6, 6.07) is 14.4. The minimum absolute atomic E-state index is 0.112. The maximum Gasteiger partial charge on any atom is 0.269 e. The van der Waals surface area contributed by atoms with Crippen molar-refractivity contribution in [3.05, 3.63) is 75.8 Å². The molecule has 1 aliphatic rings. The Bertz CT molecular complexity index is 810. The molecule has 9 nitrogen and oxygen atoms in total. The van der Waals surface area contributed by atoms with Gasteiger partial charge in [-0.2, -0.15) is 0 Å². The van der Waals surface area contributed by atoms with Gasteiger partial charge in [0.1, 0.15) is 0 Å². The van der Waals surface area contributed by atoms with E-state index in [-0.39, 0.29) is 23.2 Å². The Morgan fingerprint density at radius 1 is 1.04 bits per heavy atom. The molecule has 26 heavy (non-hydrogen) atoms. The molecule has 0 spiro atoms. The molecule has 134 valence electrons. The zero-order valence-electron chi connectivity index (χ0n) is 13.6. The van der Waals surface area contributed by atoms with E-state index in [0.717, 1.165) is 5.56 Å². The molecule has 2 atom stereocenters. The summed E-state index contributed by atoms with van der Waals surface area (Å²) in [6.45, 7) is 0.415. The average Bonchev–Trinajstić information content (AvgIpc) is 3.16. The normalized spacial score (nSPS) is 18.9. The van der Waals surface area contributed by atoms with E-state index in [1.165, 1.54) is 24.3 Å². The molecule has 1 fully saturated rings. The molecule has 0 radical (unpaired) electrons. The van der Waals surface area contributed by atoms with Crippen LogP contribution in [0.1, 0.15) is 22.0 Å². The standard InChI is InChI=1S/C17H17N5O4/c23-16(12-6-8-13(9-7-12)22(25)26)20-21-17(24)14-10-18-19-15(14)11-4-2-1-3-5-11/h1-9,14-15,18-19H,10H2,(H,20,23)(H,21,24). The van der Waals surface area contributed by atoms with Gasteiger partial charge >= 0.3 is 0 Å². The predicted octanol–water partition coefficient (Wildman–Crippen LogP) is 0.821. The second-order valence-electron chi connectivity index (χ2n) is 5.77. The molecule has 0 bridgehead atoms. The Morgan fingerprint density at radius 3 is 2.38 bits per heavy atom. The van der Waals surface area contributed by atoms with Gasteiger partial charge in [-0.3, -0.25) is 36.0 Å². The number of nitro benzene ring substituents is 1. The molecule has 0 aromatic heterocycles. The third-order valence-corrected chi connectivity index (χ3v) is 4.12. The fraction of sp³-hybridized carbons (Fsp3) is 0.176. The van der Waals surface area contributed by atoms with E-state index in [1.807, 2.05) is 30.3 Å². The Balaban J connectivity index is 1.59. The van der Waals surface area contributed by atoms with Crippen molar-refractivity contribution in [2.24, 2.45) is 5.92 Å². The monoisotopic (exact) mass is 355 g/mol. The molecule has 3 rings (SSSR count). The minimum Gasteiger partial charge on any atom is -0.273 e. The smallest absolute Gasteiger partial charge is 0.269 e. The van der Waals surface area contributed by atoms with Gasteiger partial charge in [-0.05, 0) is 17.7 Å². The molecule has 0 aliphatic carbocycles. The maximum atomic E-state index is 12.4. The van der Waals surface area contributed by atoms with Crippen molar-refractivity contribution in [3.8, 4) is 0 Å². The zero-order valence-corrected chi connectivity index (χ0v) is 13.6.